The van der Waals surface area contributed by atoms with Gasteiger partial charge in [0.25, 0.3) is 0 Å². The molecule has 3 N–H and O–H groups in total. The van der Waals surface area contributed by atoms with Crippen LogP contribution >= 0.6 is 0 Å². The Morgan fingerprint density at radius 3 is 2.39 bits per heavy atom. The Morgan fingerprint density at radius 1 is 1.14 bits per heavy atom. The Balaban J connectivity index is 1.85. The molecule has 1 fully saturated rings. The quantitative estimate of drug-likeness (QED) is 0.762. The summed E-state index contributed by atoms with van der Waals surface area (Å²) in [5.74, 6) is 0.397. The smallest absolute Gasteiger partial charge is 0.416 e. The second-order valence-corrected chi connectivity index (χ2v) is 8.32. The molecule has 0 radical (unpaired) electrons. The minimum absolute atomic E-state index is 0.0296. The van der Waals surface area contributed by atoms with Gasteiger partial charge in [-0.1, -0.05) is 18.2 Å². The predicted molar refractivity (Wildman–Crippen MR) is 98.4 cm³/mol. The molecule has 2 atom stereocenters. The lowest BCUT2D eigenvalue weighted by molar-refractivity contribution is -0.137. The third-order valence-corrected chi connectivity index (χ3v) is 5.80. The topological polar surface area (TPSA) is 81.4 Å². The summed E-state index contributed by atoms with van der Waals surface area (Å²) in [5.41, 5.74) is -0.229. The van der Waals surface area contributed by atoms with Gasteiger partial charge < -0.3 is 10.1 Å². The van der Waals surface area contributed by atoms with E-state index in [1.807, 2.05) is 0 Å². The zero-order valence-corrected chi connectivity index (χ0v) is 15.8. The molecule has 9 heteroatoms. The fourth-order valence-corrected chi connectivity index (χ4v) is 4.15. The van der Waals surface area contributed by atoms with Gasteiger partial charge in [0.2, 0.25) is 10.0 Å². The molecule has 0 spiro atoms. The molecular formula is C19H21F3N2O3S. The maximum Gasteiger partial charge on any atom is 0.416 e. The van der Waals surface area contributed by atoms with Crippen LogP contribution in [0.15, 0.2) is 53.4 Å². The average Bonchev–Trinajstić information content (AvgIpc) is 3.15. The van der Waals surface area contributed by atoms with Gasteiger partial charge in [-0.05, 0) is 48.9 Å². The molecule has 0 saturated carbocycles. The first-order chi connectivity index (χ1) is 13.1. The fraction of sp³-hybridized carbons (Fsp3) is 0.368. The van der Waals surface area contributed by atoms with Crippen molar-refractivity contribution < 1.29 is 26.3 Å². The minimum Gasteiger partial charge on any atom is -0.490 e. The van der Waals surface area contributed by atoms with Crippen LogP contribution < -0.4 is 15.2 Å². The van der Waals surface area contributed by atoms with Gasteiger partial charge in [0.15, 0.2) is 0 Å². The number of hydrogen-bond acceptors (Lipinski definition) is 4. The molecule has 2 aromatic carbocycles. The van der Waals surface area contributed by atoms with Crippen molar-refractivity contribution in [2.24, 2.45) is 11.1 Å². The normalized spacial score (nSPS) is 18.8. The maximum atomic E-state index is 12.8. The lowest BCUT2D eigenvalue weighted by atomic mass is 9.95. The molecule has 1 aliphatic rings. The Morgan fingerprint density at radius 2 is 1.82 bits per heavy atom. The van der Waals surface area contributed by atoms with Crippen molar-refractivity contribution in [3.63, 3.8) is 0 Å². The Labute approximate surface area is 161 Å². The number of benzene rings is 2. The highest BCUT2D eigenvalue weighted by Gasteiger charge is 2.31. The van der Waals surface area contributed by atoms with Gasteiger partial charge in [-0.25, -0.2) is 13.6 Å². The van der Waals surface area contributed by atoms with E-state index >= 15 is 0 Å². The molecule has 0 aliphatic carbocycles. The van der Waals surface area contributed by atoms with E-state index in [0.29, 0.717) is 17.9 Å². The number of hydrogen-bond donors (Lipinski definition) is 2. The summed E-state index contributed by atoms with van der Waals surface area (Å²) in [4.78, 5) is 0.0296. The van der Waals surface area contributed by atoms with Gasteiger partial charge in [-0.15, -0.1) is 0 Å². The molecule has 2 aromatic rings. The molecule has 0 amide bonds. The number of alkyl halides is 3. The molecule has 1 aliphatic heterocycles. The van der Waals surface area contributed by atoms with E-state index in [4.69, 9.17) is 9.88 Å². The van der Waals surface area contributed by atoms with E-state index in [1.165, 1.54) is 18.2 Å². The minimum atomic E-state index is -4.41. The van der Waals surface area contributed by atoms with Crippen LogP contribution in [0, 0.1) is 5.92 Å². The second-order valence-electron chi connectivity index (χ2n) is 6.79. The number of ether oxygens (including phenoxy) is 1. The third-order valence-electron chi connectivity index (χ3n) is 4.79. The van der Waals surface area contributed by atoms with Crippen molar-refractivity contribution in [1.29, 1.82) is 0 Å². The van der Waals surface area contributed by atoms with Crippen molar-refractivity contribution in [2.75, 3.05) is 13.1 Å². The van der Waals surface area contributed by atoms with Crippen molar-refractivity contribution >= 4 is 10.0 Å². The monoisotopic (exact) mass is 414 g/mol. The van der Waals surface area contributed by atoms with E-state index in [1.54, 1.807) is 18.2 Å². The standard InChI is InChI=1S/C19H21F3N2O3S/c20-19(21,22)15-5-7-16(8-6-15)27-17(14-9-10-24-12-14)11-13-3-1-2-4-18(13)28(23,25)26/h1-8,14,17,24H,9-12H2,(H2,23,25,26)/t14-,17+/m1/s1. The van der Waals surface area contributed by atoms with Crippen LogP contribution in [-0.2, 0) is 22.6 Å². The van der Waals surface area contributed by atoms with Crippen molar-refractivity contribution in [2.45, 2.75) is 30.0 Å². The summed E-state index contributed by atoms with van der Waals surface area (Å²) in [5, 5.41) is 8.54. The number of halogens is 3. The molecular weight excluding hydrogens is 393 g/mol. The van der Waals surface area contributed by atoms with Crippen molar-refractivity contribution in [1.82, 2.24) is 5.32 Å². The number of sulfonamides is 1. The largest absolute Gasteiger partial charge is 0.490 e. The molecule has 5 nitrogen and oxygen atoms in total. The van der Waals surface area contributed by atoms with Crippen LogP contribution in [0.25, 0.3) is 0 Å². The highest BCUT2D eigenvalue weighted by Crippen LogP contribution is 2.31. The number of rotatable bonds is 6. The number of nitrogens with two attached hydrogens (primary N) is 1. The summed E-state index contributed by atoms with van der Waals surface area (Å²) in [6.07, 6.45) is -3.72. The number of nitrogens with one attached hydrogen (secondary N) is 1. The molecule has 3 rings (SSSR count). The van der Waals surface area contributed by atoms with Crippen molar-refractivity contribution in [3.8, 4) is 5.75 Å². The maximum absolute atomic E-state index is 12.8. The zero-order valence-electron chi connectivity index (χ0n) is 14.9. The Kier molecular flexibility index (Phi) is 5.97. The average molecular weight is 414 g/mol. The fourth-order valence-electron chi connectivity index (χ4n) is 3.36. The van der Waals surface area contributed by atoms with Crippen LogP contribution in [-0.4, -0.2) is 27.6 Å². The van der Waals surface area contributed by atoms with E-state index in [0.717, 1.165) is 25.1 Å². The van der Waals surface area contributed by atoms with Crippen LogP contribution in [0.2, 0.25) is 0 Å². The first-order valence-electron chi connectivity index (χ1n) is 8.80. The van der Waals surface area contributed by atoms with E-state index in [-0.39, 0.29) is 17.2 Å². The summed E-state index contributed by atoms with van der Waals surface area (Å²) in [6, 6.07) is 10.9. The van der Waals surface area contributed by atoms with Crippen LogP contribution in [0.1, 0.15) is 17.5 Å². The van der Waals surface area contributed by atoms with Crippen LogP contribution in [0.3, 0.4) is 0 Å². The zero-order chi connectivity index (χ0) is 20.4. The van der Waals surface area contributed by atoms with E-state index < -0.39 is 27.9 Å². The van der Waals surface area contributed by atoms with Gasteiger partial charge >= 0.3 is 6.18 Å². The molecule has 0 bridgehead atoms. The molecule has 1 saturated heterocycles. The SMILES string of the molecule is NS(=O)(=O)c1ccccc1C[C@H](Oc1ccc(C(F)(F)F)cc1)[C@@H]1CCNC1. The Hall–Kier alpha value is -2.10. The molecule has 0 aromatic heterocycles. The summed E-state index contributed by atoms with van der Waals surface area (Å²) in [6.45, 7) is 1.48. The van der Waals surface area contributed by atoms with Gasteiger partial charge in [0, 0.05) is 18.9 Å². The van der Waals surface area contributed by atoms with E-state index in [9.17, 15) is 21.6 Å². The lowest BCUT2D eigenvalue weighted by Gasteiger charge is -2.25. The second kappa shape index (κ2) is 8.10. The van der Waals surface area contributed by atoms with Gasteiger partial charge in [0.1, 0.15) is 11.9 Å². The highest BCUT2D eigenvalue weighted by molar-refractivity contribution is 7.89. The molecule has 28 heavy (non-hydrogen) atoms. The molecule has 152 valence electrons. The first-order valence-corrected chi connectivity index (χ1v) is 10.3. The first kappa shape index (κ1) is 20.6. The molecule has 1 heterocycles. The van der Waals surface area contributed by atoms with E-state index in [2.05, 4.69) is 5.32 Å². The Bertz CT molecular complexity index is 909. The van der Waals surface area contributed by atoms with Gasteiger partial charge in [-0.2, -0.15) is 13.2 Å². The highest BCUT2D eigenvalue weighted by atomic mass is 32.2. The summed E-state index contributed by atoms with van der Waals surface area (Å²) >= 11 is 0. The van der Waals surface area contributed by atoms with Crippen LogP contribution in [0.5, 0.6) is 5.75 Å². The van der Waals surface area contributed by atoms with Crippen LogP contribution in [0.4, 0.5) is 13.2 Å². The third kappa shape index (κ3) is 5.03. The van der Waals surface area contributed by atoms with Gasteiger partial charge in [-0.3, -0.25) is 0 Å². The van der Waals surface area contributed by atoms with Gasteiger partial charge in [0.05, 0.1) is 10.5 Å². The number of primary sulfonamides is 1. The summed E-state index contributed by atoms with van der Waals surface area (Å²) in [7, 11) is -3.89. The molecule has 0 unspecified atom stereocenters. The van der Waals surface area contributed by atoms with Crippen molar-refractivity contribution in [3.05, 3.63) is 59.7 Å². The lowest BCUT2D eigenvalue weighted by Crippen LogP contribution is -2.32. The summed E-state index contributed by atoms with van der Waals surface area (Å²) < 4.78 is 68.0. The predicted octanol–water partition coefficient (Wildman–Crippen LogP) is 2.95.